The molecule has 1 saturated carbocycles. The van der Waals surface area contributed by atoms with Gasteiger partial charge in [-0.2, -0.15) is 0 Å². The summed E-state index contributed by atoms with van der Waals surface area (Å²) in [5.41, 5.74) is 0.883. The van der Waals surface area contributed by atoms with Crippen LogP contribution in [-0.4, -0.2) is 35.9 Å². The Bertz CT molecular complexity index is 696. The van der Waals surface area contributed by atoms with E-state index in [9.17, 15) is 14.9 Å². The Kier molecular flexibility index (Phi) is 10.2. The summed E-state index contributed by atoms with van der Waals surface area (Å²) >= 11 is 0. The van der Waals surface area contributed by atoms with Crippen molar-refractivity contribution in [1.82, 2.24) is 16.0 Å². The summed E-state index contributed by atoms with van der Waals surface area (Å²) in [7, 11) is 1.69. The number of nitro groups is 1. The van der Waals surface area contributed by atoms with E-state index < -0.39 is 4.92 Å². The highest BCUT2D eigenvalue weighted by molar-refractivity contribution is 14.0. The summed E-state index contributed by atoms with van der Waals surface area (Å²) in [6.07, 6.45) is 3.67. The number of hydrogen-bond acceptors (Lipinski definition) is 4. The fraction of sp³-hybridized carbons (Fsp3) is 0.579. The van der Waals surface area contributed by atoms with Crippen LogP contribution in [0.1, 0.15) is 45.1 Å². The van der Waals surface area contributed by atoms with Crippen molar-refractivity contribution in [3.8, 4) is 0 Å². The predicted octanol–water partition coefficient (Wildman–Crippen LogP) is 2.96. The van der Waals surface area contributed by atoms with Gasteiger partial charge >= 0.3 is 0 Å². The molecule has 156 valence electrons. The van der Waals surface area contributed by atoms with Crippen molar-refractivity contribution in [2.45, 2.75) is 58.2 Å². The van der Waals surface area contributed by atoms with Crippen LogP contribution >= 0.6 is 24.0 Å². The maximum absolute atomic E-state index is 12.3. The van der Waals surface area contributed by atoms with E-state index in [1.54, 1.807) is 19.2 Å². The van der Waals surface area contributed by atoms with Gasteiger partial charge in [0.15, 0.2) is 5.96 Å². The molecule has 0 aliphatic heterocycles. The highest BCUT2D eigenvalue weighted by Gasteiger charge is 2.28. The molecule has 2 rings (SSSR count). The van der Waals surface area contributed by atoms with Crippen LogP contribution in [0.15, 0.2) is 29.3 Å². The number of nitro benzene ring substituents is 1. The molecule has 2 atom stereocenters. The van der Waals surface area contributed by atoms with Gasteiger partial charge in [-0.05, 0) is 38.7 Å². The number of carbonyl (C=O) groups is 1. The van der Waals surface area contributed by atoms with Gasteiger partial charge in [0, 0.05) is 43.7 Å². The minimum atomic E-state index is -0.402. The summed E-state index contributed by atoms with van der Waals surface area (Å²) < 4.78 is 0. The van der Waals surface area contributed by atoms with E-state index in [2.05, 4.69) is 20.9 Å². The van der Waals surface area contributed by atoms with Gasteiger partial charge in [0.05, 0.1) is 4.92 Å². The van der Waals surface area contributed by atoms with Crippen LogP contribution in [-0.2, 0) is 11.3 Å². The number of aliphatic imine (C=N–C) groups is 1. The third-order valence-electron chi connectivity index (χ3n) is 4.62. The van der Waals surface area contributed by atoms with Crippen LogP contribution in [0, 0.1) is 16.0 Å². The van der Waals surface area contributed by atoms with Gasteiger partial charge in [0.2, 0.25) is 5.91 Å². The maximum atomic E-state index is 12.3. The summed E-state index contributed by atoms with van der Waals surface area (Å²) in [6, 6.07) is 6.85. The van der Waals surface area contributed by atoms with Gasteiger partial charge in [0.1, 0.15) is 0 Å². The van der Waals surface area contributed by atoms with Crippen molar-refractivity contribution in [3.63, 3.8) is 0 Å². The van der Waals surface area contributed by atoms with Crippen molar-refractivity contribution < 1.29 is 9.72 Å². The molecule has 0 radical (unpaired) electrons. The Hall–Kier alpha value is -1.91. The molecule has 1 aliphatic carbocycles. The Labute approximate surface area is 183 Å². The average Bonchev–Trinajstić information content (AvgIpc) is 2.65. The second-order valence-corrected chi connectivity index (χ2v) is 7.22. The first-order valence-corrected chi connectivity index (χ1v) is 9.40. The molecule has 2 unspecified atom stereocenters. The van der Waals surface area contributed by atoms with E-state index >= 15 is 0 Å². The lowest BCUT2D eigenvalue weighted by Crippen LogP contribution is -2.47. The summed E-state index contributed by atoms with van der Waals surface area (Å²) in [5.74, 6) is 0.779. The van der Waals surface area contributed by atoms with Gasteiger partial charge in [-0.25, -0.2) is 0 Å². The zero-order valence-corrected chi connectivity index (χ0v) is 18.9. The van der Waals surface area contributed by atoms with E-state index in [0.29, 0.717) is 12.5 Å². The number of halogens is 1. The van der Waals surface area contributed by atoms with Gasteiger partial charge in [-0.3, -0.25) is 19.9 Å². The number of non-ortho nitro benzene ring substituents is 1. The Morgan fingerprint density at radius 2 is 2.11 bits per heavy atom. The van der Waals surface area contributed by atoms with Crippen LogP contribution < -0.4 is 16.0 Å². The number of rotatable bonds is 6. The normalized spacial score (nSPS) is 19.5. The number of nitrogens with zero attached hydrogens (tertiary/aromatic N) is 2. The maximum Gasteiger partial charge on any atom is 0.269 e. The second-order valence-electron chi connectivity index (χ2n) is 7.22. The quantitative estimate of drug-likeness (QED) is 0.182. The van der Waals surface area contributed by atoms with Gasteiger partial charge in [-0.1, -0.05) is 18.6 Å². The minimum Gasteiger partial charge on any atom is -0.354 e. The highest BCUT2D eigenvalue weighted by atomic mass is 127. The van der Waals surface area contributed by atoms with Crippen LogP contribution in [0.25, 0.3) is 0 Å². The molecule has 1 fully saturated rings. The monoisotopic (exact) mass is 503 g/mol. The number of guanidine groups is 1. The number of carbonyl (C=O) groups excluding carboxylic acids is 1. The lowest BCUT2D eigenvalue weighted by Gasteiger charge is -2.30. The second kappa shape index (κ2) is 11.8. The molecule has 1 aromatic carbocycles. The first kappa shape index (κ1) is 24.1. The summed E-state index contributed by atoms with van der Waals surface area (Å²) in [4.78, 5) is 27.0. The fourth-order valence-electron chi connectivity index (χ4n) is 3.32. The van der Waals surface area contributed by atoms with Crippen molar-refractivity contribution in [1.29, 1.82) is 0 Å². The molecule has 3 N–H and O–H groups in total. The van der Waals surface area contributed by atoms with E-state index in [-0.39, 0.29) is 53.6 Å². The molecular formula is C19H30IN5O3. The van der Waals surface area contributed by atoms with Crippen LogP contribution in [0.3, 0.4) is 0 Å². The number of amides is 1. The average molecular weight is 503 g/mol. The van der Waals surface area contributed by atoms with E-state index in [4.69, 9.17) is 0 Å². The standard InChI is InChI=1S/C19H29N5O3.HI/c1-13(2)22-18(25)15-7-5-8-16(11-15)23-19(20-3)21-12-14-6-4-9-17(10-14)24(26)27;/h4,6,9-10,13,15-16H,5,7-8,11-12H2,1-3H3,(H,22,25)(H2,20,21,23);1H. The van der Waals surface area contributed by atoms with Crippen molar-refractivity contribution >= 4 is 41.5 Å². The topological polar surface area (TPSA) is 109 Å². The molecule has 0 saturated heterocycles. The molecule has 1 aliphatic rings. The summed E-state index contributed by atoms with van der Waals surface area (Å²) in [5, 5.41) is 20.4. The smallest absolute Gasteiger partial charge is 0.269 e. The molecule has 1 amide bonds. The first-order chi connectivity index (χ1) is 12.9. The lowest BCUT2D eigenvalue weighted by atomic mass is 9.85. The predicted molar refractivity (Wildman–Crippen MR) is 121 cm³/mol. The molecule has 8 nitrogen and oxygen atoms in total. The van der Waals surface area contributed by atoms with Crippen molar-refractivity contribution in [3.05, 3.63) is 39.9 Å². The van der Waals surface area contributed by atoms with Crippen LogP contribution in [0.4, 0.5) is 5.69 Å². The van der Waals surface area contributed by atoms with E-state index in [1.165, 1.54) is 6.07 Å². The third kappa shape index (κ3) is 7.61. The lowest BCUT2D eigenvalue weighted by molar-refractivity contribution is -0.384. The largest absolute Gasteiger partial charge is 0.354 e. The molecule has 0 bridgehead atoms. The summed E-state index contributed by atoms with van der Waals surface area (Å²) in [6.45, 7) is 4.37. The van der Waals surface area contributed by atoms with E-state index in [1.807, 2.05) is 19.9 Å². The zero-order chi connectivity index (χ0) is 19.8. The van der Waals surface area contributed by atoms with Gasteiger partial charge in [-0.15, -0.1) is 24.0 Å². The SMILES string of the molecule is CN=C(NCc1cccc([N+](=O)[O-])c1)NC1CCCC(C(=O)NC(C)C)C1.I. The van der Waals surface area contributed by atoms with Crippen LogP contribution in [0.2, 0.25) is 0 Å². The zero-order valence-electron chi connectivity index (χ0n) is 16.6. The van der Waals surface area contributed by atoms with Crippen molar-refractivity contribution in [2.75, 3.05) is 7.05 Å². The number of nitrogens with one attached hydrogen (secondary N) is 3. The number of benzene rings is 1. The molecule has 1 aromatic rings. The molecule has 28 heavy (non-hydrogen) atoms. The minimum absolute atomic E-state index is 0. The Morgan fingerprint density at radius 3 is 2.75 bits per heavy atom. The van der Waals surface area contributed by atoms with Crippen LogP contribution in [0.5, 0.6) is 0 Å². The van der Waals surface area contributed by atoms with Gasteiger partial charge in [0.25, 0.3) is 5.69 Å². The molecular weight excluding hydrogens is 473 g/mol. The fourth-order valence-corrected chi connectivity index (χ4v) is 3.32. The van der Waals surface area contributed by atoms with E-state index in [0.717, 1.165) is 31.2 Å². The van der Waals surface area contributed by atoms with Crippen molar-refractivity contribution in [2.24, 2.45) is 10.9 Å². The highest BCUT2D eigenvalue weighted by Crippen LogP contribution is 2.24. The first-order valence-electron chi connectivity index (χ1n) is 9.40. The third-order valence-corrected chi connectivity index (χ3v) is 4.62. The Morgan fingerprint density at radius 1 is 1.36 bits per heavy atom. The Balaban J connectivity index is 0.00000392. The number of hydrogen-bond donors (Lipinski definition) is 3. The van der Waals surface area contributed by atoms with Gasteiger partial charge < -0.3 is 16.0 Å². The molecule has 9 heteroatoms. The molecule has 0 aromatic heterocycles. The molecule has 0 heterocycles. The molecule has 0 spiro atoms.